The average molecular weight is 589 g/mol. The summed E-state index contributed by atoms with van der Waals surface area (Å²) in [7, 11) is 0. The summed E-state index contributed by atoms with van der Waals surface area (Å²) >= 11 is 0. The van der Waals surface area contributed by atoms with Gasteiger partial charge in [0.25, 0.3) is 0 Å². The minimum Gasteiger partial charge on any atom is -0.444 e. The van der Waals surface area contributed by atoms with Gasteiger partial charge in [0.2, 0.25) is 0 Å². The molecule has 0 saturated heterocycles. The van der Waals surface area contributed by atoms with E-state index in [0.717, 1.165) is 0 Å². The lowest BCUT2D eigenvalue weighted by molar-refractivity contribution is 0.0510. The maximum Gasteiger partial charge on any atom is 0.407 e. The van der Waals surface area contributed by atoms with Crippen LogP contribution in [0.4, 0.5) is 19.2 Å². The van der Waals surface area contributed by atoms with Gasteiger partial charge in [0, 0.05) is 26.2 Å². The predicted octanol–water partition coefficient (Wildman–Crippen LogP) is 5.63. The van der Waals surface area contributed by atoms with Gasteiger partial charge in [0.1, 0.15) is 22.4 Å². The van der Waals surface area contributed by atoms with Gasteiger partial charge < -0.3 is 40.2 Å². The van der Waals surface area contributed by atoms with E-state index in [4.69, 9.17) is 18.9 Å². The molecule has 0 aromatic heterocycles. The molecule has 0 aliphatic rings. The number of amides is 4. The molecule has 0 atom stereocenters. The Hall–Kier alpha value is -2.92. The molecule has 0 spiro atoms. The Morgan fingerprint density at radius 1 is 0.390 bits per heavy atom. The molecule has 0 unspecified atom stereocenters. The van der Waals surface area contributed by atoms with E-state index >= 15 is 0 Å². The van der Waals surface area contributed by atoms with Crippen LogP contribution >= 0.6 is 0 Å². The van der Waals surface area contributed by atoms with Crippen molar-refractivity contribution < 1.29 is 38.1 Å². The standard InChI is InChI=1S/C29H56N4O8/c1-25(2,3)38-21(34)30-17-13-29(14-18-31-22(35)39-26(4,5)6,15-19-32-23(36)40-27(7,8)9)16-20-33-24(37)41-28(10,11)12/h13-20H2,1-12H3,(H,30,34)(H,31,35)(H,32,36)(H,33,37). The van der Waals surface area contributed by atoms with Crippen LogP contribution in [0.1, 0.15) is 109 Å². The van der Waals surface area contributed by atoms with Gasteiger partial charge in [0.05, 0.1) is 0 Å². The van der Waals surface area contributed by atoms with Crippen LogP contribution < -0.4 is 21.3 Å². The number of rotatable bonds is 12. The van der Waals surface area contributed by atoms with Crippen molar-refractivity contribution in [2.24, 2.45) is 5.41 Å². The Balaban J connectivity index is 5.69. The Bertz CT molecular complexity index is 707. The van der Waals surface area contributed by atoms with E-state index < -0.39 is 52.2 Å². The van der Waals surface area contributed by atoms with E-state index in [1.807, 2.05) is 0 Å². The van der Waals surface area contributed by atoms with Gasteiger partial charge >= 0.3 is 24.4 Å². The normalized spacial score (nSPS) is 12.6. The second-order valence-corrected chi connectivity index (χ2v) is 14.2. The largest absolute Gasteiger partial charge is 0.444 e. The van der Waals surface area contributed by atoms with Gasteiger partial charge in [-0.05, 0) is 114 Å². The molecule has 41 heavy (non-hydrogen) atoms. The highest BCUT2D eigenvalue weighted by Gasteiger charge is 2.31. The maximum atomic E-state index is 12.3. The summed E-state index contributed by atoms with van der Waals surface area (Å²) in [5, 5.41) is 11.2. The lowest BCUT2D eigenvalue weighted by Crippen LogP contribution is -2.41. The molecule has 0 aliphatic carbocycles. The molecule has 4 amide bonds. The summed E-state index contributed by atoms with van der Waals surface area (Å²) in [5.41, 5.74) is -3.10. The fraction of sp³-hybridized carbons (Fsp3) is 0.862. The summed E-state index contributed by atoms with van der Waals surface area (Å²) < 4.78 is 21.4. The fourth-order valence-corrected chi connectivity index (χ4v) is 3.73. The van der Waals surface area contributed by atoms with Crippen LogP contribution in [0.25, 0.3) is 0 Å². The van der Waals surface area contributed by atoms with Crippen LogP contribution in [0, 0.1) is 5.41 Å². The molecule has 0 heterocycles. The van der Waals surface area contributed by atoms with Crippen LogP contribution in [0.2, 0.25) is 0 Å². The second kappa shape index (κ2) is 15.9. The average Bonchev–Trinajstić information content (AvgIpc) is 2.68. The molecule has 0 fully saturated rings. The van der Waals surface area contributed by atoms with Gasteiger partial charge in [-0.15, -0.1) is 0 Å². The van der Waals surface area contributed by atoms with Crippen LogP contribution in [0.15, 0.2) is 0 Å². The summed E-state index contributed by atoms with van der Waals surface area (Å²) in [6.45, 7) is 22.5. The molecular weight excluding hydrogens is 532 g/mol. The number of hydrogen-bond donors (Lipinski definition) is 4. The summed E-state index contributed by atoms with van der Waals surface area (Å²) in [6.07, 6.45) is -0.256. The van der Waals surface area contributed by atoms with E-state index in [1.165, 1.54) is 0 Å². The quantitative estimate of drug-likeness (QED) is 0.214. The minimum absolute atomic E-state index is 0.278. The highest BCUT2D eigenvalue weighted by molar-refractivity contribution is 5.68. The van der Waals surface area contributed by atoms with Crippen molar-refractivity contribution in [2.75, 3.05) is 26.2 Å². The molecule has 0 rings (SSSR count). The van der Waals surface area contributed by atoms with Gasteiger partial charge in [-0.1, -0.05) is 0 Å². The number of ether oxygens (including phenoxy) is 4. The van der Waals surface area contributed by atoms with Crippen LogP contribution in [-0.2, 0) is 18.9 Å². The first-order valence-corrected chi connectivity index (χ1v) is 14.3. The van der Waals surface area contributed by atoms with Gasteiger partial charge in [-0.3, -0.25) is 0 Å². The maximum absolute atomic E-state index is 12.3. The minimum atomic E-state index is -0.646. The molecule has 12 nitrogen and oxygen atoms in total. The third-order valence-electron chi connectivity index (χ3n) is 5.29. The first-order valence-electron chi connectivity index (χ1n) is 14.3. The Labute approximate surface area is 246 Å². The van der Waals surface area contributed by atoms with Crippen LogP contribution in [0.5, 0.6) is 0 Å². The summed E-state index contributed by atoms with van der Waals surface area (Å²) in [4.78, 5) is 49.2. The van der Waals surface area contributed by atoms with E-state index in [1.54, 1.807) is 83.1 Å². The summed E-state index contributed by atoms with van der Waals surface area (Å²) in [5.74, 6) is 0. The third kappa shape index (κ3) is 22.5. The molecule has 0 aromatic rings. The van der Waals surface area contributed by atoms with Crippen LogP contribution in [-0.4, -0.2) is 73.0 Å². The highest BCUT2D eigenvalue weighted by atomic mass is 16.6. The number of hydrogen-bond acceptors (Lipinski definition) is 8. The van der Waals surface area contributed by atoms with Crippen molar-refractivity contribution in [1.82, 2.24) is 21.3 Å². The third-order valence-corrected chi connectivity index (χ3v) is 5.29. The van der Waals surface area contributed by atoms with Crippen molar-refractivity contribution in [3.8, 4) is 0 Å². The number of carbonyl (C=O) groups excluding carboxylic acids is 4. The predicted molar refractivity (Wildman–Crippen MR) is 158 cm³/mol. The van der Waals surface area contributed by atoms with Crippen molar-refractivity contribution in [2.45, 2.75) is 131 Å². The zero-order chi connectivity index (χ0) is 32.1. The molecule has 0 radical (unpaired) electrons. The van der Waals surface area contributed by atoms with Gasteiger partial charge in [0.15, 0.2) is 0 Å². The van der Waals surface area contributed by atoms with E-state index in [9.17, 15) is 19.2 Å². The molecular formula is C29H56N4O8. The number of nitrogens with one attached hydrogen (secondary N) is 4. The molecule has 0 aliphatic heterocycles. The van der Waals surface area contributed by atoms with Gasteiger partial charge in [-0.25, -0.2) is 19.2 Å². The van der Waals surface area contributed by atoms with Crippen molar-refractivity contribution in [3.63, 3.8) is 0 Å². The van der Waals surface area contributed by atoms with Crippen molar-refractivity contribution in [3.05, 3.63) is 0 Å². The van der Waals surface area contributed by atoms with E-state index in [-0.39, 0.29) is 26.2 Å². The number of carbonyl (C=O) groups is 4. The first kappa shape index (κ1) is 38.1. The lowest BCUT2D eigenvalue weighted by atomic mass is 9.75. The Kier molecular flexibility index (Phi) is 14.8. The SMILES string of the molecule is CC(C)(C)OC(=O)NCCC(CCNC(=O)OC(C)(C)C)(CCNC(=O)OC(C)(C)C)CCNC(=O)OC(C)(C)C. The first-order chi connectivity index (χ1) is 18.4. The molecule has 4 N–H and O–H groups in total. The monoisotopic (exact) mass is 588 g/mol. The Morgan fingerprint density at radius 3 is 0.707 bits per heavy atom. The molecule has 240 valence electrons. The molecule has 0 saturated carbocycles. The highest BCUT2D eigenvalue weighted by Crippen LogP contribution is 2.34. The van der Waals surface area contributed by atoms with Gasteiger partial charge in [-0.2, -0.15) is 0 Å². The lowest BCUT2D eigenvalue weighted by Gasteiger charge is -2.35. The van der Waals surface area contributed by atoms with E-state index in [2.05, 4.69) is 21.3 Å². The zero-order valence-corrected chi connectivity index (χ0v) is 27.4. The summed E-state index contributed by atoms with van der Waals surface area (Å²) in [6, 6.07) is 0. The topological polar surface area (TPSA) is 153 Å². The number of alkyl carbamates (subject to hydrolysis) is 4. The molecule has 0 bridgehead atoms. The smallest absolute Gasteiger partial charge is 0.407 e. The Morgan fingerprint density at radius 2 is 0.561 bits per heavy atom. The zero-order valence-electron chi connectivity index (χ0n) is 27.4. The fourth-order valence-electron chi connectivity index (χ4n) is 3.73. The van der Waals surface area contributed by atoms with Crippen LogP contribution in [0.3, 0.4) is 0 Å². The molecule has 0 aromatic carbocycles. The van der Waals surface area contributed by atoms with E-state index in [0.29, 0.717) is 25.7 Å². The molecule has 12 heteroatoms. The van der Waals surface area contributed by atoms with Crippen molar-refractivity contribution >= 4 is 24.4 Å². The van der Waals surface area contributed by atoms with Crippen molar-refractivity contribution in [1.29, 1.82) is 0 Å². The second-order valence-electron chi connectivity index (χ2n) is 14.2.